The number of likely N-dealkylation sites (tertiary alicyclic amines) is 1. The monoisotopic (exact) mass is 544 g/mol. The summed E-state index contributed by atoms with van der Waals surface area (Å²) in [5, 5.41) is 7.57. The molecule has 1 aromatic heterocycles. The molecule has 0 unspecified atom stereocenters. The molecular formula is C29H35F3N4OS. The number of aromatic nitrogens is 1. The van der Waals surface area contributed by atoms with E-state index in [1.807, 2.05) is 36.6 Å². The normalized spacial score (nSPS) is 14.9. The molecule has 0 atom stereocenters. The average molecular weight is 545 g/mol. The maximum absolute atomic E-state index is 13.5. The van der Waals surface area contributed by atoms with Crippen molar-refractivity contribution in [2.24, 2.45) is 0 Å². The summed E-state index contributed by atoms with van der Waals surface area (Å²) >= 11 is 1.62. The summed E-state index contributed by atoms with van der Waals surface area (Å²) in [6.45, 7) is 5.60. The van der Waals surface area contributed by atoms with E-state index in [1.54, 1.807) is 31.0 Å². The van der Waals surface area contributed by atoms with Crippen molar-refractivity contribution in [1.29, 1.82) is 0 Å². The molecule has 4 rings (SSSR count). The smallest absolute Gasteiger partial charge is 0.406 e. The first-order chi connectivity index (χ1) is 18.2. The Balaban J connectivity index is 1.56. The van der Waals surface area contributed by atoms with E-state index >= 15 is 0 Å². The number of thioether (sulfide) groups is 1. The van der Waals surface area contributed by atoms with E-state index in [2.05, 4.69) is 41.2 Å². The number of methoxy groups -OCH3 is 1. The molecular weight excluding hydrogens is 509 g/mol. The highest BCUT2D eigenvalue weighted by Crippen LogP contribution is 2.32. The van der Waals surface area contributed by atoms with Gasteiger partial charge in [0.15, 0.2) is 0 Å². The van der Waals surface area contributed by atoms with Crippen molar-refractivity contribution in [3.05, 3.63) is 48.2 Å². The highest BCUT2D eigenvalue weighted by Gasteiger charge is 2.30. The second kappa shape index (κ2) is 12.3. The van der Waals surface area contributed by atoms with Crippen LogP contribution in [0.1, 0.15) is 32.4 Å². The number of rotatable bonds is 8. The molecule has 0 radical (unpaired) electrons. The summed E-state index contributed by atoms with van der Waals surface area (Å²) in [5.74, 6) is 6.67. The van der Waals surface area contributed by atoms with Gasteiger partial charge in [-0.2, -0.15) is 13.2 Å². The molecule has 0 bridgehead atoms. The van der Waals surface area contributed by atoms with E-state index in [9.17, 15) is 13.2 Å². The van der Waals surface area contributed by atoms with E-state index in [0.717, 1.165) is 47.6 Å². The summed E-state index contributed by atoms with van der Waals surface area (Å²) in [7, 11) is 1.60. The van der Waals surface area contributed by atoms with Crippen molar-refractivity contribution in [2.75, 3.05) is 43.6 Å². The first-order valence-corrected chi connectivity index (χ1v) is 14.1. The van der Waals surface area contributed by atoms with Crippen LogP contribution in [-0.4, -0.2) is 60.7 Å². The summed E-state index contributed by atoms with van der Waals surface area (Å²) in [4.78, 5) is 3.53. The van der Waals surface area contributed by atoms with Crippen LogP contribution in [0.5, 0.6) is 5.75 Å². The van der Waals surface area contributed by atoms with Crippen LogP contribution >= 0.6 is 11.8 Å². The number of benzene rings is 2. The number of fused-ring (bicyclic) bond motifs is 1. The molecule has 38 heavy (non-hydrogen) atoms. The van der Waals surface area contributed by atoms with Gasteiger partial charge in [0, 0.05) is 41.1 Å². The van der Waals surface area contributed by atoms with Crippen LogP contribution in [0.15, 0.2) is 47.4 Å². The van der Waals surface area contributed by atoms with Crippen LogP contribution in [0.2, 0.25) is 0 Å². The number of anilines is 2. The van der Waals surface area contributed by atoms with Crippen molar-refractivity contribution < 1.29 is 17.9 Å². The predicted octanol–water partition coefficient (Wildman–Crippen LogP) is 6.68. The maximum Gasteiger partial charge on any atom is 0.406 e. The van der Waals surface area contributed by atoms with Gasteiger partial charge < -0.3 is 24.8 Å². The van der Waals surface area contributed by atoms with Crippen molar-refractivity contribution in [3.63, 3.8) is 0 Å². The molecule has 1 aliphatic rings. The zero-order valence-electron chi connectivity index (χ0n) is 22.3. The van der Waals surface area contributed by atoms with Gasteiger partial charge in [0.1, 0.15) is 12.3 Å². The van der Waals surface area contributed by atoms with Gasteiger partial charge in [-0.3, -0.25) is 0 Å². The Bertz CT molecular complexity index is 1300. The number of halogens is 3. The molecule has 9 heteroatoms. The molecule has 204 valence electrons. The Morgan fingerprint density at radius 1 is 1.11 bits per heavy atom. The Morgan fingerprint density at radius 3 is 2.53 bits per heavy atom. The lowest BCUT2D eigenvalue weighted by Gasteiger charge is -2.35. The van der Waals surface area contributed by atoms with Crippen molar-refractivity contribution in [2.45, 2.75) is 56.4 Å². The number of hydrogen-bond donors (Lipinski definition) is 2. The van der Waals surface area contributed by atoms with Crippen LogP contribution in [0.25, 0.3) is 10.9 Å². The quantitative estimate of drug-likeness (QED) is 0.245. The first-order valence-electron chi connectivity index (χ1n) is 12.8. The van der Waals surface area contributed by atoms with E-state index in [-0.39, 0.29) is 12.6 Å². The zero-order chi connectivity index (χ0) is 27.3. The molecule has 2 N–H and O–H groups in total. The van der Waals surface area contributed by atoms with Gasteiger partial charge in [-0.05, 0) is 75.3 Å². The van der Waals surface area contributed by atoms with Crippen molar-refractivity contribution in [1.82, 2.24) is 9.47 Å². The van der Waals surface area contributed by atoms with Crippen LogP contribution in [0.4, 0.5) is 24.5 Å². The van der Waals surface area contributed by atoms with E-state index in [1.165, 1.54) is 4.57 Å². The van der Waals surface area contributed by atoms with E-state index in [0.29, 0.717) is 23.0 Å². The Kier molecular flexibility index (Phi) is 9.06. The molecule has 0 saturated carbocycles. The Morgan fingerprint density at radius 2 is 1.87 bits per heavy atom. The van der Waals surface area contributed by atoms with Gasteiger partial charge in [-0.25, -0.2) is 0 Å². The summed E-state index contributed by atoms with van der Waals surface area (Å²) in [5.41, 5.74) is 2.50. The standard InChI is InChI=1S/C29H35F3N4OS/c1-20(2)35-15-12-21(13-16-35)34-25-8-5-9-27-24(25)17-22(36(27)19-29(30,31)32)7-6-14-33-26-11-10-23(38-4)18-28(26)37-3/h5,8-11,17-18,20-21,33-34H,12-16,19H2,1-4H3. The second-order valence-corrected chi connectivity index (χ2v) is 10.6. The lowest BCUT2D eigenvalue weighted by atomic mass is 10.0. The van der Waals surface area contributed by atoms with Crippen molar-refractivity contribution in [3.8, 4) is 17.6 Å². The van der Waals surface area contributed by atoms with Crippen LogP contribution in [0, 0.1) is 11.8 Å². The largest absolute Gasteiger partial charge is 0.495 e. The highest BCUT2D eigenvalue weighted by atomic mass is 32.2. The number of ether oxygens (including phenoxy) is 1. The lowest BCUT2D eigenvalue weighted by molar-refractivity contribution is -0.140. The van der Waals surface area contributed by atoms with Gasteiger partial charge in [-0.1, -0.05) is 12.0 Å². The minimum absolute atomic E-state index is 0.266. The Hall–Kier alpha value is -2.96. The molecule has 3 aromatic rings. The van der Waals surface area contributed by atoms with Gasteiger partial charge in [0.25, 0.3) is 0 Å². The number of alkyl halides is 3. The fraction of sp³-hybridized carbons (Fsp3) is 0.448. The highest BCUT2D eigenvalue weighted by molar-refractivity contribution is 7.98. The molecule has 1 saturated heterocycles. The predicted molar refractivity (Wildman–Crippen MR) is 151 cm³/mol. The number of nitrogens with zero attached hydrogens (tertiary/aromatic N) is 2. The third-order valence-corrected chi connectivity index (χ3v) is 7.62. The molecule has 1 aliphatic heterocycles. The fourth-order valence-corrected chi connectivity index (χ4v) is 5.29. The fourth-order valence-electron chi connectivity index (χ4n) is 4.86. The van der Waals surface area contributed by atoms with Crippen LogP contribution in [-0.2, 0) is 6.54 Å². The van der Waals surface area contributed by atoms with Gasteiger partial charge in [0.2, 0.25) is 0 Å². The SMILES string of the molecule is COc1cc(SC)ccc1NCC#Cc1cc2c(NC3CCN(C(C)C)CC3)cccc2n1CC(F)(F)F. The van der Waals surface area contributed by atoms with E-state index in [4.69, 9.17) is 4.74 Å². The van der Waals surface area contributed by atoms with Gasteiger partial charge in [-0.15, -0.1) is 11.8 Å². The number of nitrogens with one attached hydrogen (secondary N) is 2. The molecule has 0 aliphatic carbocycles. The van der Waals surface area contributed by atoms with Crippen molar-refractivity contribution >= 4 is 34.0 Å². The number of piperidine rings is 1. The molecule has 5 nitrogen and oxygen atoms in total. The van der Waals surface area contributed by atoms with E-state index < -0.39 is 12.7 Å². The molecule has 0 amide bonds. The maximum atomic E-state index is 13.5. The number of hydrogen-bond acceptors (Lipinski definition) is 5. The molecule has 1 fully saturated rings. The second-order valence-electron chi connectivity index (χ2n) is 9.74. The molecule has 2 heterocycles. The zero-order valence-corrected chi connectivity index (χ0v) is 23.1. The van der Waals surface area contributed by atoms with Gasteiger partial charge >= 0.3 is 6.18 Å². The minimum atomic E-state index is -4.36. The average Bonchev–Trinajstić information content (AvgIpc) is 3.23. The first kappa shape index (κ1) is 28.1. The van der Waals surface area contributed by atoms with Crippen LogP contribution < -0.4 is 15.4 Å². The van der Waals surface area contributed by atoms with Gasteiger partial charge in [0.05, 0.1) is 30.6 Å². The summed E-state index contributed by atoms with van der Waals surface area (Å²) in [6.07, 6.45) is -0.376. The topological polar surface area (TPSA) is 41.5 Å². The summed E-state index contributed by atoms with van der Waals surface area (Å²) in [6, 6.07) is 13.9. The molecule has 0 spiro atoms. The minimum Gasteiger partial charge on any atom is -0.495 e. The summed E-state index contributed by atoms with van der Waals surface area (Å²) < 4.78 is 47.3. The van der Waals surface area contributed by atoms with Crippen LogP contribution in [0.3, 0.4) is 0 Å². The third-order valence-electron chi connectivity index (χ3n) is 6.90. The lowest BCUT2D eigenvalue weighted by Crippen LogP contribution is -2.42. The molecule has 2 aromatic carbocycles. The Labute approximate surface area is 227 Å². The third kappa shape index (κ3) is 6.91.